The van der Waals surface area contributed by atoms with Crippen LogP contribution in [0.25, 0.3) is 0 Å². The molecule has 36 heavy (non-hydrogen) atoms. The normalized spacial score (nSPS) is 23.6. The molecule has 1 saturated heterocycles. The minimum Gasteiger partial charge on any atom is -0.396 e. The van der Waals surface area contributed by atoms with E-state index in [-0.39, 0.29) is 37.3 Å². The van der Waals surface area contributed by atoms with E-state index in [1.54, 1.807) is 0 Å². The molecule has 5 atom stereocenters. The lowest BCUT2D eigenvalue weighted by Crippen LogP contribution is -2.45. The highest BCUT2D eigenvalue weighted by atomic mass is 16.7. The lowest BCUT2D eigenvalue weighted by molar-refractivity contribution is -0.222. The summed E-state index contributed by atoms with van der Waals surface area (Å²) in [5.41, 5.74) is 2.28. The highest BCUT2D eigenvalue weighted by Gasteiger charge is 2.34. The molecule has 3 rings (SSSR count). The molecule has 1 aliphatic heterocycles. The molecule has 0 bridgehead atoms. The van der Waals surface area contributed by atoms with E-state index in [9.17, 15) is 5.11 Å². The predicted octanol–water partition coefficient (Wildman–Crippen LogP) is 5.66. The zero-order valence-corrected chi connectivity index (χ0v) is 21.9. The first-order chi connectivity index (χ1) is 17.7. The van der Waals surface area contributed by atoms with E-state index in [0.29, 0.717) is 26.4 Å². The molecule has 1 unspecified atom stereocenters. The Bertz CT molecular complexity index is 802. The number of rotatable bonds is 15. The molecule has 0 radical (unpaired) electrons. The fourth-order valence-electron chi connectivity index (χ4n) is 4.66. The molecule has 2 aromatic rings. The van der Waals surface area contributed by atoms with E-state index in [1.165, 1.54) is 0 Å². The topological polar surface area (TPSA) is 66.4 Å². The molecule has 0 amide bonds. The number of aliphatic hydroxyl groups excluding tert-OH is 1. The average Bonchev–Trinajstić information content (AvgIpc) is 2.89. The Morgan fingerprint density at radius 2 is 1.56 bits per heavy atom. The summed E-state index contributed by atoms with van der Waals surface area (Å²) in [6, 6.07) is 20.4. The predicted molar refractivity (Wildman–Crippen MR) is 141 cm³/mol. The van der Waals surface area contributed by atoms with Crippen LogP contribution >= 0.6 is 0 Å². The Hall–Kier alpha value is -1.80. The third-order valence-electron chi connectivity index (χ3n) is 6.52. The number of benzene rings is 2. The van der Waals surface area contributed by atoms with Crippen molar-refractivity contribution in [2.75, 3.05) is 19.8 Å². The van der Waals surface area contributed by atoms with Gasteiger partial charge in [0.2, 0.25) is 0 Å². The Morgan fingerprint density at radius 3 is 2.22 bits per heavy atom. The maximum Gasteiger partial charge on any atom is 0.155 e. The van der Waals surface area contributed by atoms with Crippen molar-refractivity contribution in [2.24, 2.45) is 0 Å². The molecule has 1 heterocycles. The van der Waals surface area contributed by atoms with Gasteiger partial charge in [-0.15, -0.1) is 0 Å². The molecular weight excluding hydrogens is 456 g/mol. The van der Waals surface area contributed by atoms with Crippen molar-refractivity contribution in [2.45, 2.75) is 96.3 Å². The molecule has 0 aliphatic carbocycles. The van der Waals surface area contributed by atoms with E-state index < -0.39 is 0 Å². The van der Waals surface area contributed by atoms with Gasteiger partial charge in [-0.2, -0.15) is 0 Å². The third-order valence-corrected chi connectivity index (χ3v) is 6.52. The summed E-state index contributed by atoms with van der Waals surface area (Å²) in [5, 5.41) is 9.34. The first-order valence-electron chi connectivity index (χ1n) is 13.5. The van der Waals surface area contributed by atoms with E-state index in [4.69, 9.17) is 23.7 Å². The van der Waals surface area contributed by atoms with Crippen LogP contribution in [0.4, 0.5) is 0 Å². The fraction of sp³-hybridized carbons (Fsp3) is 0.600. The Balaban J connectivity index is 1.71. The monoisotopic (exact) mass is 500 g/mol. The summed E-state index contributed by atoms with van der Waals surface area (Å²) in [6.07, 6.45) is 4.38. The van der Waals surface area contributed by atoms with E-state index in [0.717, 1.165) is 49.7 Å². The van der Waals surface area contributed by atoms with Gasteiger partial charge < -0.3 is 28.8 Å². The van der Waals surface area contributed by atoms with Crippen molar-refractivity contribution in [1.29, 1.82) is 0 Å². The van der Waals surface area contributed by atoms with Crippen LogP contribution in [0, 0.1) is 0 Å². The molecule has 2 aromatic carbocycles. The van der Waals surface area contributed by atoms with Crippen LogP contribution in [-0.2, 0) is 36.9 Å². The van der Waals surface area contributed by atoms with Crippen LogP contribution < -0.4 is 0 Å². The van der Waals surface area contributed by atoms with Gasteiger partial charge in [0.1, 0.15) is 6.10 Å². The number of aliphatic hydroxyl groups is 1. The fourth-order valence-corrected chi connectivity index (χ4v) is 4.66. The van der Waals surface area contributed by atoms with Crippen LogP contribution in [0.1, 0.15) is 63.5 Å². The van der Waals surface area contributed by atoms with Crippen molar-refractivity contribution in [1.82, 2.24) is 0 Å². The van der Waals surface area contributed by atoms with Crippen LogP contribution in [0.5, 0.6) is 0 Å². The summed E-state index contributed by atoms with van der Waals surface area (Å²) >= 11 is 0. The minimum atomic E-state index is -0.290. The number of hydrogen-bond donors (Lipinski definition) is 1. The molecule has 0 saturated carbocycles. The van der Waals surface area contributed by atoms with Gasteiger partial charge in [-0.3, -0.25) is 0 Å². The highest BCUT2D eigenvalue weighted by molar-refractivity contribution is 5.14. The molecule has 1 aliphatic rings. The smallest absolute Gasteiger partial charge is 0.155 e. The lowest BCUT2D eigenvalue weighted by Gasteiger charge is -2.38. The van der Waals surface area contributed by atoms with Crippen molar-refractivity contribution in [3.63, 3.8) is 0 Å². The number of unbranched alkanes of at least 4 members (excludes halogenated alkanes) is 1. The molecular formula is C30H44O6. The van der Waals surface area contributed by atoms with E-state index >= 15 is 0 Å². The van der Waals surface area contributed by atoms with E-state index in [2.05, 4.69) is 24.3 Å². The van der Waals surface area contributed by atoms with Gasteiger partial charge in [-0.1, -0.05) is 60.7 Å². The summed E-state index contributed by atoms with van der Waals surface area (Å²) in [4.78, 5) is 0. The SMILES string of the molecule is CCOC(C)O[C@@H]1CCC[C@H](OCc2ccccc2)[C@@H](COCc2ccccc2)O[C@H]1CCCCO. The Kier molecular flexibility index (Phi) is 13.5. The van der Waals surface area contributed by atoms with Gasteiger partial charge in [0.15, 0.2) is 6.29 Å². The van der Waals surface area contributed by atoms with Gasteiger partial charge in [0, 0.05) is 13.2 Å². The lowest BCUT2D eigenvalue weighted by atomic mass is 9.96. The second-order valence-electron chi connectivity index (χ2n) is 9.40. The van der Waals surface area contributed by atoms with Crippen molar-refractivity contribution in [3.8, 4) is 0 Å². The first kappa shape index (κ1) is 28.8. The average molecular weight is 501 g/mol. The molecule has 200 valence electrons. The number of ether oxygens (including phenoxy) is 5. The van der Waals surface area contributed by atoms with Gasteiger partial charge >= 0.3 is 0 Å². The van der Waals surface area contributed by atoms with Gasteiger partial charge in [0.25, 0.3) is 0 Å². The summed E-state index contributed by atoms with van der Waals surface area (Å²) in [5.74, 6) is 0. The second-order valence-corrected chi connectivity index (χ2v) is 9.40. The van der Waals surface area contributed by atoms with Crippen LogP contribution in [0.2, 0.25) is 0 Å². The van der Waals surface area contributed by atoms with Crippen LogP contribution in [0.15, 0.2) is 60.7 Å². The zero-order valence-electron chi connectivity index (χ0n) is 21.9. The molecule has 6 heteroatoms. The molecule has 6 nitrogen and oxygen atoms in total. The maximum absolute atomic E-state index is 9.34. The molecule has 0 aromatic heterocycles. The second kappa shape index (κ2) is 16.8. The minimum absolute atomic E-state index is 0.0723. The largest absolute Gasteiger partial charge is 0.396 e. The van der Waals surface area contributed by atoms with Gasteiger partial charge in [-0.05, 0) is 63.5 Å². The molecule has 0 spiro atoms. The standard InChI is InChI=1S/C30H44O6/c1-3-33-24(2)35-28-19-12-18-27(34-22-26-15-8-5-9-16-26)30(36-29(28)17-10-11-20-31)23-32-21-25-13-6-4-7-14-25/h4-9,13-16,24,27-31H,3,10-12,17-23H2,1-2H3/t24?,27-,28+,29-,30+/m0/s1. The summed E-state index contributed by atoms with van der Waals surface area (Å²) < 4.78 is 31.3. The first-order valence-corrected chi connectivity index (χ1v) is 13.5. The van der Waals surface area contributed by atoms with Crippen LogP contribution in [0.3, 0.4) is 0 Å². The summed E-state index contributed by atoms with van der Waals surface area (Å²) in [7, 11) is 0. The molecule has 1 N–H and O–H groups in total. The quantitative estimate of drug-likeness (QED) is 0.252. The number of hydrogen-bond acceptors (Lipinski definition) is 6. The van der Waals surface area contributed by atoms with Crippen molar-refractivity contribution >= 4 is 0 Å². The molecule has 1 fully saturated rings. The maximum atomic E-state index is 9.34. The highest BCUT2D eigenvalue weighted by Crippen LogP contribution is 2.28. The van der Waals surface area contributed by atoms with E-state index in [1.807, 2.05) is 50.2 Å². The Morgan fingerprint density at radius 1 is 0.889 bits per heavy atom. The summed E-state index contributed by atoms with van der Waals surface area (Å²) in [6.45, 7) is 6.22. The van der Waals surface area contributed by atoms with Crippen molar-refractivity contribution in [3.05, 3.63) is 71.8 Å². The van der Waals surface area contributed by atoms with Crippen molar-refractivity contribution < 1.29 is 28.8 Å². The third kappa shape index (κ3) is 10.3. The zero-order chi connectivity index (χ0) is 25.4. The van der Waals surface area contributed by atoms with Gasteiger partial charge in [0.05, 0.1) is 38.1 Å². The van der Waals surface area contributed by atoms with Crippen LogP contribution in [-0.4, -0.2) is 55.6 Å². The van der Waals surface area contributed by atoms with Gasteiger partial charge in [-0.25, -0.2) is 0 Å². The Labute approximate surface area is 216 Å².